The van der Waals surface area contributed by atoms with E-state index in [-0.39, 0.29) is 12.3 Å². The number of nitrogens with zero attached hydrogens (tertiary/aromatic N) is 1. The van der Waals surface area contributed by atoms with Gasteiger partial charge in [-0.05, 0) is 23.3 Å². The van der Waals surface area contributed by atoms with Crippen molar-refractivity contribution in [1.82, 2.24) is 5.32 Å². The molecule has 0 fully saturated rings. The number of nitrogens with one attached hydrogen (secondary N) is 1. The van der Waals surface area contributed by atoms with Gasteiger partial charge in [0.2, 0.25) is 5.91 Å². The molecule has 1 aliphatic heterocycles. The van der Waals surface area contributed by atoms with Crippen LogP contribution in [0.15, 0.2) is 59.1 Å². The first kappa shape index (κ1) is 17.5. The number of carbonyl (C=O) groups excluding carboxylic acids is 1. The van der Waals surface area contributed by atoms with Crippen LogP contribution in [0.25, 0.3) is 0 Å². The number of carbonyl (C=O) groups is 1. The number of benzene rings is 2. The number of amides is 1. The van der Waals surface area contributed by atoms with Gasteiger partial charge >= 0.3 is 0 Å². The Balaban J connectivity index is 1.92. The Bertz CT molecular complexity index is 891. The number of allylic oxidation sites excluding steroid dienone is 1. The maximum absolute atomic E-state index is 14.2. The molecule has 3 rings (SSSR count). The zero-order chi connectivity index (χ0) is 17.8. The number of hydrogen-bond acceptors (Lipinski definition) is 3. The average Bonchev–Trinajstić information content (AvgIpc) is 2.61. The summed E-state index contributed by atoms with van der Waals surface area (Å²) in [5, 5.41) is 13.4. The third-order valence-corrected chi connectivity index (χ3v) is 5.40. The van der Waals surface area contributed by atoms with Crippen molar-refractivity contribution in [2.45, 2.75) is 18.1 Å². The molecule has 6 heteroatoms. The number of hydrogen-bond donors (Lipinski definition) is 1. The fourth-order valence-electron chi connectivity index (χ4n) is 2.72. The summed E-state index contributed by atoms with van der Waals surface area (Å²) in [4.78, 5) is 12.1. The molecule has 1 heterocycles. The second-order valence-corrected chi connectivity index (χ2v) is 6.95. The summed E-state index contributed by atoms with van der Waals surface area (Å²) in [5.74, 6) is -0.710. The maximum Gasteiger partial charge on any atom is 0.225 e. The molecule has 0 spiro atoms. The Morgan fingerprint density at radius 3 is 2.68 bits per heavy atom. The number of nitriles is 1. The smallest absolute Gasteiger partial charge is 0.225 e. The minimum atomic E-state index is -0.575. The van der Waals surface area contributed by atoms with Gasteiger partial charge < -0.3 is 5.32 Å². The number of thioether (sulfide) groups is 1. The van der Waals surface area contributed by atoms with Crippen LogP contribution in [0, 0.1) is 17.1 Å². The Morgan fingerprint density at radius 1 is 1.24 bits per heavy atom. The quantitative estimate of drug-likeness (QED) is 0.842. The molecular weight excluding hydrogens is 359 g/mol. The lowest BCUT2D eigenvalue weighted by Gasteiger charge is -2.25. The topological polar surface area (TPSA) is 52.9 Å². The van der Waals surface area contributed by atoms with Crippen LogP contribution in [0.5, 0.6) is 0 Å². The molecule has 25 heavy (non-hydrogen) atoms. The van der Waals surface area contributed by atoms with Crippen LogP contribution in [0.4, 0.5) is 4.39 Å². The van der Waals surface area contributed by atoms with E-state index < -0.39 is 11.7 Å². The molecular formula is C19H14ClFN2OS. The van der Waals surface area contributed by atoms with Crippen LogP contribution >= 0.6 is 23.4 Å². The lowest BCUT2D eigenvalue weighted by molar-refractivity contribution is -0.120. The van der Waals surface area contributed by atoms with Crippen molar-refractivity contribution in [2.75, 3.05) is 0 Å². The third-order valence-electron chi connectivity index (χ3n) is 3.97. The molecule has 1 amide bonds. The third kappa shape index (κ3) is 3.87. The minimum Gasteiger partial charge on any atom is -0.320 e. The first-order valence-corrected chi connectivity index (χ1v) is 9.01. The van der Waals surface area contributed by atoms with Crippen molar-refractivity contribution in [3.63, 3.8) is 0 Å². The van der Waals surface area contributed by atoms with Crippen LogP contribution in [-0.2, 0) is 10.5 Å². The maximum atomic E-state index is 14.2. The van der Waals surface area contributed by atoms with E-state index in [1.54, 1.807) is 24.3 Å². The van der Waals surface area contributed by atoms with Gasteiger partial charge in [-0.15, -0.1) is 11.8 Å². The zero-order valence-corrected chi connectivity index (χ0v) is 14.7. The molecule has 0 saturated heterocycles. The van der Waals surface area contributed by atoms with Crippen molar-refractivity contribution < 1.29 is 9.18 Å². The molecule has 0 aliphatic carbocycles. The van der Waals surface area contributed by atoms with Gasteiger partial charge in [-0.2, -0.15) is 5.26 Å². The van der Waals surface area contributed by atoms with Gasteiger partial charge in [0, 0.05) is 23.1 Å². The summed E-state index contributed by atoms with van der Waals surface area (Å²) in [5.41, 5.74) is 1.65. The Labute approximate surface area is 154 Å². The normalized spacial score (nSPS) is 17.2. The average molecular weight is 373 g/mol. The summed E-state index contributed by atoms with van der Waals surface area (Å²) < 4.78 is 14.2. The van der Waals surface area contributed by atoms with E-state index in [4.69, 9.17) is 11.6 Å². The van der Waals surface area contributed by atoms with Gasteiger partial charge in [0.15, 0.2) is 0 Å². The van der Waals surface area contributed by atoms with Crippen LogP contribution in [-0.4, -0.2) is 5.91 Å². The van der Waals surface area contributed by atoms with Crippen LogP contribution in [0.1, 0.15) is 23.5 Å². The van der Waals surface area contributed by atoms with Gasteiger partial charge in [-0.1, -0.05) is 48.0 Å². The Kier molecular flexibility index (Phi) is 5.42. The Hall–Kier alpha value is -2.29. The summed E-state index contributed by atoms with van der Waals surface area (Å²) >= 11 is 7.48. The lowest BCUT2D eigenvalue weighted by Crippen LogP contribution is -2.31. The van der Waals surface area contributed by atoms with E-state index in [1.807, 2.05) is 18.2 Å². The van der Waals surface area contributed by atoms with Crippen molar-refractivity contribution >= 4 is 29.3 Å². The Morgan fingerprint density at radius 2 is 1.96 bits per heavy atom. The van der Waals surface area contributed by atoms with Gasteiger partial charge in [0.1, 0.15) is 5.82 Å². The summed E-state index contributed by atoms with van der Waals surface area (Å²) in [6.07, 6.45) is 0.0555. The number of halogens is 2. The SMILES string of the molecule is N#CC1=C(SCc2ccccc2Cl)NC(=O)C[C@H]1c1ccccc1F. The highest BCUT2D eigenvalue weighted by Gasteiger charge is 2.31. The zero-order valence-electron chi connectivity index (χ0n) is 13.1. The van der Waals surface area contributed by atoms with Gasteiger partial charge in [-0.3, -0.25) is 4.79 Å². The molecule has 3 nitrogen and oxygen atoms in total. The molecule has 1 N–H and O–H groups in total. The molecule has 2 aromatic rings. The molecule has 1 aliphatic rings. The largest absolute Gasteiger partial charge is 0.320 e. The molecule has 0 saturated carbocycles. The van der Waals surface area contributed by atoms with E-state index in [0.29, 0.717) is 26.9 Å². The van der Waals surface area contributed by atoms with E-state index in [1.165, 1.54) is 17.8 Å². The number of rotatable bonds is 4. The standard InChI is InChI=1S/C19H14ClFN2OS/c20-16-7-3-1-5-12(16)11-25-19-15(10-22)14(9-18(24)23-19)13-6-2-4-8-17(13)21/h1-8,14H,9,11H2,(H,23,24)/t14-/m0/s1. The highest BCUT2D eigenvalue weighted by Crippen LogP contribution is 2.38. The molecule has 126 valence electrons. The second-order valence-electron chi connectivity index (χ2n) is 5.56. The fraction of sp³-hybridized carbons (Fsp3) is 0.158. The van der Waals surface area contributed by atoms with Crippen molar-refractivity contribution in [1.29, 1.82) is 5.26 Å². The van der Waals surface area contributed by atoms with Crippen LogP contribution in [0.3, 0.4) is 0 Å². The van der Waals surface area contributed by atoms with Crippen molar-refractivity contribution in [3.05, 3.63) is 81.1 Å². The van der Waals surface area contributed by atoms with Gasteiger partial charge in [0.25, 0.3) is 0 Å². The van der Waals surface area contributed by atoms with Gasteiger partial charge in [0.05, 0.1) is 16.7 Å². The summed E-state index contributed by atoms with van der Waals surface area (Å²) in [6.45, 7) is 0. The van der Waals surface area contributed by atoms with E-state index in [0.717, 1.165) is 5.56 Å². The lowest BCUT2D eigenvalue weighted by atomic mass is 9.87. The summed E-state index contributed by atoms with van der Waals surface area (Å²) in [7, 11) is 0. The molecule has 0 aromatic heterocycles. The van der Waals surface area contributed by atoms with Crippen molar-refractivity contribution in [2.24, 2.45) is 0 Å². The monoisotopic (exact) mass is 372 g/mol. The highest BCUT2D eigenvalue weighted by atomic mass is 35.5. The molecule has 2 aromatic carbocycles. The first-order chi connectivity index (χ1) is 12.1. The molecule has 0 radical (unpaired) electrons. The summed E-state index contributed by atoms with van der Waals surface area (Å²) in [6, 6.07) is 15.8. The van der Waals surface area contributed by atoms with E-state index in [9.17, 15) is 14.4 Å². The van der Waals surface area contributed by atoms with Crippen molar-refractivity contribution in [3.8, 4) is 6.07 Å². The van der Waals surface area contributed by atoms with E-state index in [2.05, 4.69) is 11.4 Å². The predicted octanol–water partition coefficient (Wildman–Crippen LogP) is 4.75. The molecule has 1 atom stereocenters. The highest BCUT2D eigenvalue weighted by molar-refractivity contribution is 8.02. The first-order valence-electron chi connectivity index (χ1n) is 7.65. The molecule has 0 unspecified atom stereocenters. The fourth-order valence-corrected chi connectivity index (χ4v) is 4.08. The molecule has 0 bridgehead atoms. The van der Waals surface area contributed by atoms with Crippen LogP contribution in [0.2, 0.25) is 5.02 Å². The predicted molar refractivity (Wildman–Crippen MR) is 97.3 cm³/mol. The van der Waals surface area contributed by atoms with Gasteiger partial charge in [-0.25, -0.2) is 4.39 Å². The van der Waals surface area contributed by atoms with Crippen LogP contribution < -0.4 is 5.32 Å². The second kappa shape index (κ2) is 7.73. The minimum absolute atomic E-state index is 0.0555. The van der Waals surface area contributed by atoms with E-state index >= 15 is 0 Å².